The molecule has 2 aliphatic carbocycles. The van der Waals surface area contributed by atoms with E-state index in [-0.39, 0.29) is 59.0 Å². The van der Waals surface area contributed by atoms with Gasteiger partial charge in [-0.3, -0.25) is 4.79 Å². The zero-order chi connectivity index (χ0) is 17.4. The summed E-state index contributed by atoms with van der Waals surface area (Å²) in [6, 6.07) is 0. The number of hydrogen-bond donors (Lipinski definition) is 0. The lowest BCUT2D eigenvalue weighted by Crippen LogP contribution is -2.37. The number of hydrogen-bond acceptors (Lipinski definition) is 5. The summed E-state index contributed by atoms with van der Waals surface area (Å²) >= 11 is 0. The second-order valence-corrected chi connectivity index (χ2v) is 8.57. The maximum absolute atomic E-state index is 12.1. The second kappa shape index (κ2) is 4.84. The zero-order valence-corrected chi connectivity index (χ0v) is 14.8. The molecule has 0 aromatic heterocycles. The Bertz CT molecular complexity index is 625. The minimum atomic E-state index is -0.315. The number of rotatable bonds is 2. The summed E-state index contributed by atoms with van der Waals surface area (Å²) in [5, 5.41) is 0. The molecule has 2 saturated carbocycles. The zero-order valence-electron chi connectivity index (χ0n) is 14.8. The van der Waals surface area contributed by atoms with Gasteiger partial charge in [-0.15, -0.1) is 0 Å². The third-order valence-corrected chi connectivity index (χ3v) is 6.69. The molecule has 1 spiro atoms. The monoisotopic (exact) mass is 334 g/mol. The van der Waals surface area contributed by atoms with Crippen molar-refractivity contribution >= 4 is 11.9 Å². The summed E-state index contributed by atoms with van der Waals surface area (Å²) in [7, 11) is 0. The first kappa shape index (κ1) is 16.1. The average molecular weight is 334 g/mol. The number of epoxide rings is 1. The van der Waals surface area contributed by atoms with E-state index >= 15 is 0 Å². The van der Waals surface area contributed by atoms with E-state index in [1.54, 1.807) is 0 Å². The number of ether oxygens (including phenoxy) is 3. The number of carbonyl (C=O) groups excluding carboxylic acids is 2. The summed E-state index contributed by atoms with van der Waals surface area (Å²) in [5.74, 6) is -0.114. The fourth-order valence-electron chi connectivity index (χ4n) is 5.42. The molecule has 5 heteroatoms. The van der Waals surface area contributed by atoms with Gasteiger partial charge in [-0.25, -0.2) is 4.79 Å². The van der Waals surface area contributed by atoms with Gasteiger partial charge in [0.1, 0.15) is 17.8 Å². The topological polar surface area (TPSA) is 65.1 Å². The van der Waals surface area contributed by atoms with Crippen LogP contribution in [-0.2, 0) is 23.8 Å². The van der Waals surface area contributed by atoms with Gasteiger partial charge >= 0.3 is 11.9 Å². The van der Waals surface area contributed by atoms with Crippen molar-refractivity contribution in [2.75, 3.05) is 0 Å². The molecule has 4 aliphatic rings. The fraction of sp³-hybridized carbons (Fsp3) is 0.789. The summed E-state index contributed by atoms with van der Waals surface area (Å²) in [5.41, 5.74) is -0.0120. The lowest BCUT2D eigenvalue weighted by molar-refractivity contribution is -0.159. The van der Waals surface area contributed by atoms with E-state index in [9.17, 15) is 9.59 Å². The van der Waals surface area contributed by atoms with Gasteiger partial charge in [-0.1, -0.05) is 27.4 Å². The predicted octanol–water partition coefficient (Wildman–Crippen LogP) is 2.63. The minimum Gasteiger partial charge on any atom is -0.462 e. The largest absolute Gasteiger partial charge is 0.462 e. The molecule has 2 saturated heterocycles. The van der Waals surface area contributed by atoms with Crippen molar-refractivity contribution in [3.05, 3.63) is 12.2 Å². The molecule has 0 radical (unpaired) electrons. The summed E-state index contributed by atoms with van der Waals surface area (Å²) < 4.78 is 17.6. The average Bonchev–Trinajstić information content (AvgIpc) is 2.91. The Morgan fingerprint density at radius 2 is 2.08 bits per heavy atom. The third kappa shape index (κ3) is 1.97. The van der Waals surface area contributed by atoms with Crippen LogP contribution < -0.4 is 0 Å². The van der Waals surface area contributed by atoms with Gasteiger partial charge in [-0.05, 0) is 25.7 Å². The van der Waals surface area contributed by atoms with E-state index in [4.69, 9.17) is 14.2 Å². The summed E-state index contributed by atoms with van der Waals surface area (Å²) in [6.07, 6.45) is 2.02. The van der Waals surface area contributed by atoms with Gasteiger partial charge in [0.2, 0.25) is 0 Å². The quantitative estimate of drug-likeness (QED) is 0.441. The first-order valence-electron chi connectivity index (χ1n) is 8.99. The molecular formula is C19H26O5. The van der Waals surface area contributed by atoms with Crippen LogP contribution >= 0.6 is 0 Å². The SMILES string of the molecule is C=C1C(=O)OC2CC(C)C3C(OC(=O)C(C)C)CC4(C)OC34CC12. The van der Waals surface area contributed by atoms with E-state index < -0.39 is 0 Å². The van der Waals surface area contributed by atoms with Gasteiger partial charge in [0.05, 0.1) is 11.5 Å². The first-order chi connectivity index (χ1) is 11.2. The Kier molecular flexibility index (Phi) is 3.25. The van der Waals surface area contributed by atoms with Crippen molar-refractivity contribution in [1.29, 1.82) is 0 Å². The van der Waals surface area contributed by atoms with E-state index in [0.717, 1.165) is 19.3 Å². The van der Waals surface area contributed by atoms with Crippen molar-refractivity contribution in [2.24, 2.45) is 23.7 Å². The van der Waals surface area contributed by atoms with Crippen LogP contribution in [0.4, 0.5) is 0 Å². The van der Waals surface area contributed by atoms with E-state index in [1.165, 1.54) is 0 Å². The molecule has 7 unspecified atom stereocenters. The van der Waals surface area contributed by atoms with Crippen LogP contribution in [0, 0.1) is 23.7 Å². The maximum atomic E-state index is 12.1. The molecule has 0 N–H and O–H groups in total. The van der Waals surface area contributed by atoms with Crippen molar-refractivity contribution in [3.63, 3.8) is 0 Å². The standard InChI is InChI=1S/C19H26O5/c1-9(2)16(20)23-14-8-18(5)19(24-18)7-12-11(4)17(21)22-13(12)6-10(3)15(14)19/h9-10,12-15H,4,6-8H2,1-3,5H3. The minimum absolute atomic E-state index is 0.0197. The Morgan fingerprint density at radius 1 is 1.38 bits per heavy atom. The molecule has 2 heterocycles. The molecule has 4 rings (SSSR count). The highest BCUT2D eigenvalue weighted by atomic mass is 16.6. The molecule has 24 heavy (non-hydrogen) atoms. The summed E-state index contributed by atoms with van der Waals surface area (Å²) in [6.45, 7) is 11.9. The fourth-order valence-corrected chi connectivity index (χ4v) is 5.42. The number of carbonyl (C=O) groups is 2. The van der Waals surface area contributed by atoms with Crippen molar-refractivity contribution < 1.29 is 23.8 Å². The highest BCUT2D eigenvalue weighted by Crippen LogP contribution is 2.69. The Hall–Kier alpha value is -1.36. The highest BCUT2D eigenvalue weighted by Gasteiger charge is 2.79. The Labute approximate surface area is 142 Å². The van der Waals surface area contributed by atoms with Gasteiger partial charge in [-0.2, -0.15) is 0 Å². The van der Waals surface area contributed by atoms with Crippen LogP contribution in [0.5, 0.6) is 0 Å². The Morgan fingerprint density at radius 3 is 2.75 bits per heavy atom. The maximum Gasteiger partial charge on any atom is 0.334 e. The molecule has 0 aromatic rings. The van der Waals surface area contributed by atoms with E-state index in [0.29, 0.717) is 5.57 Å². The predicted molar refractivity (Wildman–Crippen MR) is 86.0 cm³/mol. The lowest BCUT2D eigenvalue weighted by atomic mass is 9.78. The van der Waals surface area contributed by atoms with Crippen molar-refractivity contribution in [2.45, 2.75) is 70.4 Å². The van der Waals surface area contributed by atoms with Crippen LogP contribution in [0.3, 0.4) is 0 Å². The van der Waals surface area contributed by atoms with Crippen LogP contribution in [0.2, 0.25) is 0 Å². The molecule has 0 aromatic carbocycles. The molecule has 2 aliphatic heterocycles. The van der Waals surface area contributed by atoms with Crippen LogP contribution in [0.1, 0.15) is 47.0 Å². The van der Waals surface area contributed by atoms with Gasteiger partial charge in [0, 0.05) is 23.8 Å². The molecule has 7 atom stereocenters. The first-order valence-corrected chi connectivity index (χ1v) is 8.99. The molecule has 0 bridgehead atoms. The lowest BCUT2D eigenvalue weighted by Gasteiger charge is -2.31. The van der Waals surface area contributed by atoms with Crippen LogP contribution in [0.25, 0.3) is 0 Å². The third-order valence-electron chi connectivity index (χ3n) is 6.69. The highest BCUT2D eigenvalue weighted by molar-refractivity contribution is 5.90. The summed E-state index contributed by atoms with van der Waals surface area (Å²) in [4.78, 5) is 24.0. The number of esters is 2. The van der Waals surface area contributed by atoms with Gasteiger partial charge in [0.15, 0.2) is 0 Å². The smallest absolute Gasteiger partial charge is 0.334 e. The van der Waals surface area contributed by atoms with Crippen LogP contribution in [-0.4, -0.2) is 35.3 Å². The molecular weight excluding hydrogens is 308 g/mol. The molecule has 5 nitrogen and oxygen atoms in total. The van der Waals surface area contributed by atoms with Gasteiger partial charge < -0.3 is 14.2 Å². The van der Waals surface area contributed by atoms with Crippen LogP contribution in [0.15, 0.2) is 12.2 Å². The van der Waals surface area contributed by atoms with Gasteiger partial charge in [0.25, 0.3) is 0 Å². The molecule has 0 amide bonds. The van der Waals surface area contributed by atoms with E-state index in [1.807, 2.05) is 13.8 Å². The number of fused-ring (bicyclic) bond motifs is 1. The molecule has 132 valence electrons. The normalized spacial score (nSPS) is 49.1. The molecule has 4 fully saturated rings. The van der Waals surface area contributed by atoms with Crippen molar-refractivity contribution in [1.82, 2.24) is 0 Å². The Balaban J connectivity index is 1.64. The van der Waals surface area contributed by atoms with Crippen molar-refractivity contribution in [3.8, 4) is 0 Å². The van der Waals surface area contributed by atoms with E-state index in [2.05, 4.69) is 20.4 Å². The second-order valence-electron chi connectivity index (χ2n) is 8.57.